The molecule has 0 saturated heterocycles. The van der Waals surface area contributed by atoms with Crippen molar-refractivity contribution in [2.45, 2.75) is 31.9 Å². The van der Waals surface area contributed by atoms with Gasteiger partial charge in [-0.05, 0) is 31.5 Å². The SMILES string of the molecule is CC(C)(O)C(NC(=O)O)c1ccc(OC(F)(F)F)cc1. The van der Waals surface area contributed by atoms with Crippen LogP contribution in [0, 0.1) is 0 Å². The number of ether oxygens (including phenoxy) is 1. The van der Waals surface area contributed by atoms with Gasteiger partial charge >= 0.3 is 12.5 Å². The van der Waals surface area contributed by atoms with Gasteiger partial charge in [-0.25, -0.2) is 4.79 Å². The van der Waals surface area contributed by atoms with Gasteiger partial charge in [0, 0.05) is 0 Å². The summed E-state index contributed by atoms with van der Waals surface area (Å²) in [6.07, 6.45) is -6.15. The van der Waals surface area contributed by atoms with Crippen LogP contribution >= 0.6 is 0 Å². The minimum atomic E-state index is -4.80. The fourth-order valence-electron chi connectivity index (χ4n) is 1.65. The number of carbonyl (C=O) groups is 1. The van der Waals surface area contributed by atoms with Gasteiger partial charge in [-0.1, -0.05) is 12.1 Å². The fourth-order valence-corrected chi connectivity index (χ4v) is 1.65. The van der Waals surface area contributed by atoms with Gasteiger partial charge in [0.05, 0.1) is 11.6 Å². The Balaban J connectivity index is 2.96. The minimum Gasteiger partial charge on any atom is -0.465 e. The van der Waals surface area contributed by atoms with E-state index in [4.69, 9.17) is 5.11 Å². The van der Waals surface area contributed by atoms with Crippen molar-refractivity contribution in [3.63, 3.8) is 0 Å². The Bertz CT molecular complexity index is 465. The molecule has 20 heavy (non-hydrogen) atoms. The number of halogens is 3. The molecule has 1 unspecified atom stereocenters. The molecular formula is C12H14F3NO4. The maximum absolute atomic E-state index is 12.0. The molecule has 8 heteroatoms. The van der Waals surface area contributed by atoms with Gasteiger partial charge in [-0.15, -0.1) is 13.2 Å². The third-order valence-electron chi connectivity index (χ3n) is 2.42. The lowest BCUT2D eigenvalue weighted by atomic mass is 9.92. The molecule has 3 N–H and O–H groups in total. The first-order valence-electron chi connectivity index (χ1n) is 5.56. The van der Waals surface area contributed by atoms with Crippen LogP contribution in [0.25, 0.3) is 0 Å². The Hall–Kier alpha value is -1.96. The molecule has 1 aromatic carbocycles. The first-order chi connectivity index (χ1) is 8.99. The van der Waals surface area contributed by atoms with Crippen molar-refractivity contribution in [2.75, 3.05) is 0 Å². The molecule has 0 saturated carbocycles. The number of nitrogens with one attached hydrogen (secondary N) is 1. The van der Waals surface area contributed by atoms with Gasteiger partial charge in [0.2, 0.25) is 0 Å². The van der Waals surface area contributed by atoms with Crippen molar-refractivity contribution in [3.05, 3.63) is 29.8 Å². The summed E-state index contributed by atoms with van der Waals surface area (Å²) in [6.45, 7) is 2.77. The molecule has 0 fully saturated rings. The third kappa shape index (κ3) is 4.96. The summed E-state index contributed by atoms with van der Waals surface area (Å²) in [7, 11) is 0. The van der Waals surface area contributed by atoms with E-state index >= 15 is 0 Å². The lowest BCUT2D eigenvalue weighted by molar-refractivity contribution is -0.274. The van der Waals surface area contributed by atoms with Crippen molar-refractivity contribution in [3.8, 4) is 5.75 Å². The quantitative estimate of drug-likeness (QED) is 0.797. The molecule has 5 nitrogen and oxygen atoms in total. The summed E-state index contributed by atoms with van der Waals surface area (Å²) >= 11 is 0. The zero-order valence-electron chi connectivity index (χ0n) is 10.7. The molecule has 1 aromatic rings. The van der Waals surface area contributed by atoms with E-state index in [2.05, 4.69) is 10.1 Å². The number of rotatable bonds is 4. The van der Waals surface area contributed by atoms with E-state index in [1.165, 1.54) is 26.0 Å². The van der Waals surface area contributed by atoms with Crippen molar-refractivity contribution in [1.29, 1.82) is 0 Å². The van der Waals surface area contributed by atoms with Gasteiger partial charge < -0.3 is 20.3 Å². The van der Waals surface area contributed by atoms with Crippen LogP contribution in [0.1, 0.15) is 25.5 Å². The predicted molar refractivity (Wildman–Crippen MR) is 63.3 cm³/mol. The van der Waals surface area contributed by atoms with Crippen LogP contribution in [0.15, 0.2) is 24.3 Å². The van der Waals surface area contributed by atoms with Gasteiger partial charge in [0.25, 0.3) is 0 Å². The number of amides is 1. The molecule has 0 spiro atoms. The summed E-state index contributed by atoms with van der Waals surface area (Å²) in [6, 6.07) is 3.61. The predicted octanol–water partition coefficient (Wildman–Crippen LogP) is 2.66. The molecule has 112 valence electrons. The van der Waals surface area contributed by atoms with E-state index in [1.54, 1.807) is 0 Å². The van der Waals surface area contributed by atoms with Crippen molar-refractivity contribution in [2.24, 2.45) is 0 Å². The van der Waals surface area contributed by atoms with Crippen LogP contribution < -0.4 is 10.1 Å². The molecule has 1 atom stereocenters. The van der Waals surface area contributed by atoms with E-state index in [9.17, 15) is 23.1 Å². The molecule has 0 aromatic heterocycles. The zero-order valence-corrected chi connectivity index (χ0v) is 10.7. The van der Waals surface area contributed by atoms with E-state index in [0.717, 1.165) is 12.1 Å². The number of aliphatic hydroxyl groups is 1. The Morgan fingerprint density at radius 1 is 1.25 bits per heavy atom. The van der Waals surface area contributed by atoms with Gasteiger partial charge in [-0.3, -0.25) is 0 Å². The fraction of sp³-hybridized carbons (Fsp3) is 0.417. The molecule has 0 bridgehead atoms. The highest BCUT2D eigenvalue weighted by molar-refractivity contribution is 5.65. The van der Waals surface area contributed by atoms with Crippen molar-refractivity contribution >= 4 is 6.09 Å². The number of alkyl halides is 3. The number of carboxylic acid groups (broad SMARTS) is 1. The Labute approximate surface area is 113 Å². The van der Waals surface area contributed by atoms with Crippen LogP contribution in [0.3, 0.4) is 0 Å². The van der Waals surface area contributed by atoms with Gasteiger partial charge in [0.1, 0.15) is 5.75 Å². The van der Waals surface area contributed by atoms with E-state index in [1.807, 2.05) is 0 Å². The van der Waals surface area contributed by atoms with Crippen LogP contribution in [-0.2, 0) is 0 Å². The van der Waals surface area contributed by atoms with E-state index < -0.39 is 29.8 Å². The molecule has 0 aliphatic heterocycles. The van der Waals surface area contributed by atoms with Crippen LogP contribution in [0.2, 0.25) is 0 Å². The highest BCUT2D eigenvalue weighted by Gasteiger charge is 2.32. The average Bonchev–Trinajstić information content (AvgIpc) is 2.23. The summed E-state index contributed by atoms with van der Waals surface area (Å²) in [4.78, 5) is 10.7. The molecule has 1 rings (SSSR count). The van der Waals surface area contributed by atoms with E-state index in [-0.39, 0.29) is 0 Å². The monoisotopic (exact) mass is 293 g/mol. The van der Waals surface area contributed by atoms with Crippen LogP contribution in [0.4, 0.5) is 18.0 Å². The van der Waals surface area contributed by atoms with Gasteiger partial charge in [0.15, 0.2) is 0 Å². The summed E-state index contributed by atoms with van der Waals surface area (Å²) in [5.41, 5.74) is -1.11. The summed E-state index contributed by atoms with van der Waals surface area (Å²) < 4.78 is 39.7. The van der Waals surface area contributed by atoms with E-state index in [0.29, 0.717) is 5.56 Å². The third-order valence-corrected chi connectivity index (χ3v) is 2.42. The average molecular weight is 293 g/mol. The number of hydrogen-bond acceptors (Lipinski definition) is 3. The summed E-state index contributed by atoms with van der Waals surface area (Å²) in [5, 5.41) is 20.7. The second-order valence-corrected chi connectivity index (χ2v) is 4.65. The largest absolute Gasteiger partial charge is 0.573 e. The molecule has 1 amide bonds. The minimum absolute atomic E-state index is 0.314. The highest BCUT2D eigenvalue weighted by atomic mass is 19.4. The molecular weight excluding hydrogens is 279 g/mol. The Morgan fingerprint density at radius 3 is 2.10 bits per heavy atom. The van der Waals surface area contributed by atoms with Crippen LogP contribution in [-0.4, -0.2) is 28.3 Å². The first-order valence-corrected chi connectivity index (χ1v) is 5.56. The first kappa shape index (κ1) is 16.1. The van der Waals surface area contributed by atoms with Crippen molar-refractivity contribution < 1.29 is 32.9 Å². The van der Waals surface area contributed by atoms with Gasteiger partial charge in [-0.2, -0.15) is 0 Å². The standard InChI is InChI=1S/C12H14F3NO4/c1-11(2,19)9(16-10(17)18)7-3-5-8(6-4-7)20-12(13,14)15/h3-6,9,16,19H,1-2H3,(H,17,18). The highest BCUT2D eigenvalue weighted by Crippen LogP contribution is 2.28. The Kier molecular flexibility index (Phi) is 4.49. The summed E-state index contributed by atoms with van der Waals surface area (Å²) in [5.74, 6) is -0.425. The lowest BCUT2D eigenvalue weighted by Crippen LogP contribution is -2.41. The molecule has 0 heterocycles. The molecule has 0 radical (unpaired) electrons. The zero-order chi connectivity index (χ0) is 15.6. The van der Waals surface area contributed by atoms with Crippen molar-refractivity contribution in [1.82, 2.24) is 5.32 Å². The Morgan fingerprint density at radius 2 is 1.75 bits per heavy atom. The maximum Gasteiger partial charge on any atom is 0.573 e. The molecule has 0 aliphatic rings. The van der Waals surface area contributed by atoms with Crippen LogP contribution in [0.5, 0.6) is 5.75 Å². The lowest BCUT2D eigenvalue weighted by Gasteiger charge is -2.29. The maximum atomic E-state index is 12.0. The number of benzene rings is 1. The molecule has 0 aliphatic carbocycles. The number of hydrogen-bond donors (Lipinski definition) is 3. The normalized spacial score (nSPS) is 13.7. The second kappa shape index (κ2) is 5.58. The smallest absolute Gasteiger partial charge is 0.465 e. The topological polar surface area (TPSA) is 78.8 Å². The second-order valence-electron chi connectivity index (χ2n) is 4.65.